The number of carbonyl (C=O) groups excluding carboxylic acids is 1. The van der Waals surface area contributed by atoms with Crippen LogP contribution in [0.1, 0.15) is 12.8 Å². The van der Waals surface area contributed by atoms with Crippen molar-refractivity contribution < 1.29 is 31.3 Å². The fourth-order valence-corrected chi connectivity index (χ4v) is 3.58. The van der Waals surface area contributed by atoms with E-state index in [-0.39, 0.29) is 18.1 Å². The van der Waals surface area contributed by atoms with Gasteiger partial charge in [-0.2, -0.15) is 13.2 Å². The van der Waals surface area contributed by atoms with E-state index in [0.29, 0.717) is 25.0 Å². The Hall–Kier alpha value is -2.37. The molecule has 26 heavy (non-hydrogen) atoms. The van der Waals surface area contributed by atoms with Gasteiger partial charge in [0.05, 0.1) is 9.82 Å². The molecular formula is C14H16F3N3O5S. The van der Waals surface area contributed by atoms with Gasteiger partial charge in [0.15, 0.2) is 0 Å². The normalized spacial score (nSPS) is 18.0. The van der Waals surface area contributed by atoms with Crippen LogP contribution in [0.5, 0.6) is 0 Å². The standard InChI is InChI=1S/C14H16F3N3O5S/c1-18(2)13(21)11-4-3-7-19(11)10-6-5-9(8-12(10)20(22)23)26(24,25)14(15,16)17/h5-6,8,11H,3-4,7H2,1-2H3. The van der Waals surface area contributed by atoms with Crippen molar-refractivity contribution >= 4 is 27.1 Å². The number of carbonyl (C=O) groups is 1. The number of sulfone groups is 1. The Balaban J connectivity index is 2.54. The summed E-state index contributed by atoms with van der Waals surface area (Å²) in [6, 6.07) is 1.29. The monoisotopic (exact) mass is 395 g/mol. The zero-order chi connectivity index (χ0) is 19.9. The van der Waals surface area contributed by atoms with E-state index in [1.165, 1.54) is 23.9 Å². The predicted molar refractivity (Wildman–Crippen MR) is 85.4 cm³/mol. The van der Waals surface area contributed by atoms with E-state index >= 15 is 0 Å². The summed E-state index contributed by atoms with van der Waals surface area (Å²) in [5.41, 5.74) is -6.46. The van der Waals surface area contributed by atoms with Crippen molar-refractivity contribution in [3.8, 4) is 0 Å². The molecule has 1 unspecified atom stereocenters. The number of nitro groups is 1. The molecule has 1 fully saturated rings. The molecule has 0 N–H and O–H groups in total. The molecule has 1 aromatic rings. The van der Waals surface area contributed by atoms with Crippen molar-refractivity contribution in [2.45, 2.75) is 29.3 Å². The van der Waals surface area contributed by atoms with Gasteiger partial charge in [0.1, 0.15) is 11.7 Å². The van der Waals surface area contributed by atoms with Crippen molar-refractivity contribution in [3.05, 3.63) is 28.3 Å². The topological polar surface area (TPSA) is 101 Å². The molecule has 1 aromatic carbocycles. The highest BCUT2D eigenvalue weighted by Gasteiger charge is 2.48. The van der Waals surface area contributed by atoms with Crippen LogP contribution in [0, 0.1) is 10.1 Å². The number of likely N-dealkylation sites (N-methyl/N-ethyl adjacent to an activating group) is 1. The molecule has 8 nitrogen and oxygen atoms in total. The van der Waals surface area contributed by atoms with Crippen LogP contribution >= 0.6 is 0 Å². The molecule has 1 amide bonds. The predicted octanol–water partition coefficient (Wildman–Crippen LogP) is 1.95. The molecule has 144 valence electrons. The van der Waals surface area contributed by atoms with Crippen LogP contribution in [0.2, 0.25) is 0 Å². The number of nitro benzene ring substituents is 1. The number of hydrogen-bond acceptors (Lipinski definition) is 6. The summed E-state index contributed by atoms with van der Waals surface area (Å²) in [5.74, 6) is -0.302. The van der Waals surface area contributed by atoms with E-state index in [1.807, 2.05) is 0 Å². The maximum absolute atomic E-state index is 12.7. The van der Waals surface area contributed by atoms with E-state index in [0.717, 1.165) is 6.07 Å². The summed E-state index contributed by atoms with van der Waals surface area (Å²) in [7, 11) is -2.67. The molecule has 2 rings (SSSR count). The second kappa shape index (κ2) is 6.74. The summed E-state index contributed by atoms with van der Waals surface area (Å²) in [4.78, 5) is 24.1. The quantitative estimate of drug-likeness (QED) is 0.571. The number of benzene rings is 1. The number of anilines is 1. The largest absolute Gasteiger partial charge is 0.501 e. The lowest BCUT2D eigenvalue weighted by Crippen LogP contribution is -2.43. The first-order chi connectivity index (χ1) is 11.9. The zero-order valence-corrected chi connectivity index (χ0v) is 14.7. The van der Waals surface area contributed by atoms with Crippen LogP contribution in [0.4, 0.5) is 24.5 Å². The minimum atomic E-state index is -5.71. The molecule has 1 saturated heterocycles. The fourth-order valence-electron chi connectivity index (χ4n) is 2.80. The second-order valence-corrected chi connectivity index (χ2v) is 7.88. The van der Waals surface area contributed by atoms with Crippen molar-refractivity contribution in [2.24, 2.45) is 0 Å². The van der Waals surface area contributed by atoms with Gasteiger partial charge in [-0.05, 0) is 25.0 Å². The first kappa shape index (κ1) is 19.9. The van der Waals surface area contributed by atoms with E-state index in [9.17, 15) is 36.5 Å². The Labute approximate surface area is 147 Å². The first-order valence-electron chi connectivity index (χ1n) is 7.45. The Bertz CT molecular complexity index is 839. The van der Waals surface area contributed by atoms with Gasteiger partial charge in [-0.15, -0.1) is 0 Å². The van der Waals surface area contributed by atoms with Crippen LogP contribution in [-0.4, -0.2) is 56.3 Å². The lowest BCUT2D eigenvalue weighted by Gasteiger charge is -2.27. The van der Waals surface area contributed by atoms with E-state index < -0.39 is 36.9 Å². The van der Waals surface area contributed by atoms with E-state index in [4.69, 9.17) is 0 Å². The number of rotatable bonds is 4. The van der Waals surface area contributed by atoms with E-state index in [1.54, 1.807) is 0 Å². The van der Waals surface area contributed by atoms with Gasteiger partial charge >= 0.3 is 5.51 Å². The van der Waals surface area contributed by atoms with Gasteiger partial charge in [-0.25, -0.2) is 8.42 Å². The van der Waals surface area contributed by atoms with Gasteiger partial charge in [0.25, 0.3) is 15.5 Å². The molecule has 0 spiro atoms. The van der Waals surface area contributed by atoms with Crippen molar-refractivity contribution in [3.63, 3.8) is 0 Å². The summed E-state index contributed by atoms with van der Waals surface area (Å²) in [5, 5.41) is 11.3. The zero-order valence-electron chi connectivity index (χ0n) is 13.9. The van der Waals surface area contributed by atoms with Crippen LogP contribution in [0.3, 0.4) is 0 Å². The molecule has 1 aliphatic rings. The highest BCUT2D eigenvalue weighted by Crippen LogP contribution is 2.38. The molecule has 0 saturated carbocycles. The molecule has 1 aliphatic heterocycles. The Morgan fingerprint density at radius 2 is 1.96 bits per heavy atom. The van der Waals surface area contributed by atoms with Gasteiger partial charge < -0.3 is 9.80 Å². The van der Waals surface area contributed by atoms with Crippen LogP contribution in [0.15, 0.2) is 23.1 Å². The molecule has 0 radical (unpaired) electrons. The minimum Gasteiger partial charge on any atom is -0.354 e. The number of amides is 1. The average Bonchev–Trinajstić information content (AvgIpc) is 3.01. The van der Waals surface area contributed by atoms with Crippen molar-refractivity contribution in [1.82, 2.24) is 4.90 Å². The average molecular weight is 395 g/mol. The highest BCUT2D eigenvalue weighted by molar-refractivity contribution is 7.92. The number of alkyl halides is 3. The maximum atomic E-state index is 12.7. The van der Waals surface area contributed by atoms with Gasteiger partial charge in [0.2, 0.25) is 5.91 Å². The SMILES string of the molecule is CN(C)C(=O)C1CCCN1c1ccc(S(=O)(=O)C(F)(F)F)cc1[N+](=O)[O-]. The molecule has 12 heteroatoms. The Kier molecular flexibility index (Phi) is 5.17. The third-order valence-corrected chi connectivity index (χ3v) is 5.53. The summed E-state index contributed by atoms with van der Waals surface area (Å²) >= 11 is 0. The summed E-state index contributed by atoms with van der Waals surface area (Å²) in [6.07, 6.45) is 0.987. The summed E-state index contributed by atoms with van der Waals surface area (Å²) in [6.45, 7) is 0.288. The lowest BCUT2D eigenvalue weighted by molar-refractivity contribution is -0.384. The van der Waals surface area contributed by atoms with Crippen molar-refractivity contribution in [2.75, 3.05) is 25.5 Å². The maximum Gasteiger partial charge on any atom is 0.501 e. The third kappa shape index (κ3) is 3.45. The molecule has 1 atom stereocenters. The molecule has 0 bridgehead atoms. The first-order valence-corrected chi connectivity index (χ1v) is 8.94. The number of halogens is 3. The molecule has 0 aliphatic carbocycles. The number of hydrogen-bond donors (Lipinski definition) is 0. The fraction of sp³-hybridized carbons (Fsp3) is 0.500. The van der Waals surface area contributed by atoms with Gasteiger partial charge in [-0.1, -0.05) is 0 Å². The van der Waals surface area contributed by atoms with Crippen LogP contribution in [-0.2, 0) is 14.6 Å². The smallest absolute Gasteiger partial charge is 0.354 e. The minimum absolute atomic E-state index is 0.0891. The summed E-state index contributed by atoms with van der Waals surface area (Å²) < 4.78 is 61.1. The number of nitrogens with zero attached hydrogens (tertiary/aromatic N) is 3. The van der Waals surface area contributed by atoms with Gasteiger partial charge in [0, 0.05) is 26.7 Å². The van der Waals surface area contributed by atoms with E-state index in [2.05, 4.69) is 0 Å². The highest BCUT2D eigenvalue weighted by atomic mass is 32.2. The van der Waals surface area contributed by atoms with Crippen LogP contribution in [0.25, 0.3) is 0 Å². The third-order valence-electron chi connectivity index (χ3n) is 4.05. The molecular weight excluding hydrogens is 379 g/mol. The Morgan fingerprint density at radius 3 is 2.46 bits per heavy atom. The van der Waals surface area contributed by atoms with Crippen molar-refractivity contribution in [1.29, 1.82) is 0 Å². The van der Waals surface area contributed by atoms with Gasteiger partial charge in [-0.3, -0.25) is 14.9 Å². The molecule has 0 aromatic heterocycles. The van der Waals surface area contributed by atoms with Crippen LogP contribution < -0.4 is 4.90 Å². The Morgan fingerprint density at radius 1 is 1.35 bits per heavy atom. The molecule has 1 heterocycles. The lowest BCUT2D eigenvalue weighted by atomic mass is 10.1. The second-order valence-electron chi connectivity index (χ2n) is 5.94.